The maximum Gasteiger partial charge on any atom is 0.420 e. The molecule has 3 rings (SSSR count). The molecule has 0 spiro atoms. The molecule has 10 heteroatoms. The minimum absolute atomic E-state index is 0.142. The summed E-state index contributed by atoms with van der Waals surface area (Å²) in [6.45, 7) is 1.75. The van der Waals surface area contributed by atoms with Gasteiger partial charge in [0.25, 0.3) is 0 Å². The molecule has 1 heterocycles. The Balaban J connectivity index is 2.25. The zero-order valence-electron chi connectivity index (χ0n) is 16.5. The maximum atomic E-state index is 14.0. The van der Waals surface area contributed by atoms with Crippen LogP contribution in [-0.2, 0) is 0 Å². The minimum atomic E-state index is -5.19. The number of fused-ring (bicyclic) bond motifs is 1. The van der Waals surface area contributed by atoms with E-state index in [-0.39, 0.29) is 5.69 Å². The van der Waals surface area contributed by atoms with E-state index in [2.05, 4.69) is 10.3 Å². The summed E-state index contributed by atoms with van der Waals surface area (Å²) in [4.78, 5) is 4.31. The molecule has 0 bridgehead atoms. The lowest BCUT2D eigenvalue weighted by atomic mass is 9.88. The van der Waals surface area contributed by atoms with Gasteiger partial charge in [-0.05, 0) is 43.5 Å². The number of anilines is 1. The summed E-state index contributed by atoms with van der Waals surface area (Å²) in [5.41, 5.74) is -2.94. The molecule has 0 aliphatic carbocycles. The highest BCUT2D eigenvalue weighted by Gasteiger charge is 2.59. The number of rotatable bonds is 6. The highest BCUT2D eigenvalue weighted by molar-refractivity contribution is 7.98. The van der Waals surface area contributed by atoms with Crippen LogP contribution in [-0.4, -0.2) is 39.0 Å². The first-order valence-electron chi connectivity index (χ1n) is 9.07. The van der Waals surface area contributed by atoms with E-state index in [1.807, 2.05) is 0 Å². The first kappa shape index (κ1) is 23.1. The Morgan fingerprint density at radius 3 is 2.48 bits per heavy atom. The third-order valence-corrected chi connectivity index (χ3v) is 5.60. The predicted molar refractivity (Wildman–Crippen MR) is 110 cm³/mol. The van der Waals surface area contributed by atoms with E-state index in [1.165, 1.54) is 12.3 Å². The summed E-state index contributed by atoms with van der Waals surface area (Å²) >= 11 is 0.697. The summed E-state index contributed by atoms with van der Waals surface area (Å²) in [5.74, 6) is -4.67. The van der Waals surface area contributed by atoms with Crippen molar-refractivity contribution in [1.82, 2.24) is 4.98 Å². The van der Waals surface area contributed by atoms with Crippen LogP contribution < -0.4 is 5.32 Å². The Bertz CT molecular complexity index is 1110. The molecule has 3 aromatic rings. The van der Waals surface area contributed by atoms with Gasteiger partial charge in [-0.3, -0.25) is 4.98 Å². The molecule has 2 aromatic carbocycles. The van der Waals surface area contributed by atoms with Gasteiger partial charge in [0.1, 0.15) is 5.82 Å². The standard InChI is InChI=1S/C21H19F5N2O2S/c1-11-6-7-13-16(27-11)4-3-5-17(13)28-19(20(30,10-31-2)21(24,25)26)14-8-12(22)9-15(23)18(14)29/h3-9,19,28-30H,10H2,1-2H3. The molecule has 0 saturated heterocycles. The second-order valence-corrected chi connectivity index (χ2v) is 7.95. The van der Waals surface area contributed by atoms with Gasteiger partial charge in [0, 0.05) is 34.2 Å². The van der Waals surface area contributed by atoms with E-state index < -0.39 is 46.5 Å². The van der Waals surface area contributed by atoms with E-state index in [0.29, 0.717) is 40.5 Å². The summed E-state index contributed by atoms with van der Waals surface area (Å²) in [6, 6.07) is 6.72. The zero-order valence-corrected chi connectivity index (χ0v) is 17.3. The third kappa shape index (κ3) is 4.40. The number of hydrogen-bond donors (Lipinski definition) is 3. The van der Waals surface area contributed by atoms with Crippen molar-refractivity contribution in [2.24, 2.45) is 0 Å². The second kappa shape index (κ2) is 8.51. The van der Waals surface area contributed by atoms with Crippen LogP contribution >= 0.6 is 11.8 Å². The van der Waals surface area contributed by atoms with Crippen LogP contribution in [0.2, 0.25) is 0 Å². The third-order valence-electron chi connectivity index (χ3n) is 4.87. The number of nitrogens with zero attached hydrogens (tertiary/aromatic N) is 1. The Morgan fingerprint density at radius 1 is 1.13 bits per heavy atom. The van der Waals surface area contributed by atoms with Gasteiger partial charge in [0.2, 0.25) is 0 Å². The molecule has 4 nitrogen and oxygen atoms in total. The lowest BCUT2D eigenvalue weighted by Crippen LogP contribution is -2.54. The summed E-state index contributed by atoms with van der Waals surface area (Å²) in [7, 11) is 0. The molecule has 0 amide bonds. The van der Waals surface area contributed by atoms with Gasteiger partial charge in [0.15, 0.2) is 17.2 Å². The van der Waals surface area contributed by atoms with E-state index in [4.69, 9.17) is 0 Å². The van der Waals surface area contributed by atoms with Crippen LogP contribution in [0.1, 0.15) is 17.3 Å². The number of aromatic nitrogens is 1. The molecule has 2 atom stereocenters. The van der Waals surface area contributed by atoms with Gasteiger partial charge in [-0.2, -0.15) is 24.9 Å². The van der Waals surface area contributed by atoms with Gasteiger partial charge in [-0.15, -0.1) is 0 Å². The van der Waals surface area contributed by atoms with Crippen LogP contribution in [0.3, 0.4) is 0 Å². The largest absolute Gasteiger partial charge is 0.505 e. The number of benzene rings is 2. The average molecular weight is 458 g/mol. The van der Waals surface area contributed by atoms with Crippen molar-refractivity contribution in [3.8, 4) is 5.75 Å². The fourth-order valence-corrected chi connectivity index (χ4v) is 4.12. The predicted octanol–water partition coefficient (Wildman–Crippen LogP) is 5.34. The number of aryl methyl sites for hydroxylation is 1. The number of phenolic OH excluding ortho intramolecular Hbond substituents is 1. The number of pyridine rings is 1. The lowest BCUT2D eigenvalue weighted by Gasteiger charge is -2.38. The zero-order chi connectivity index (χ0) is 23.0. The fourth-order valence-electron chi connectivity index (χ4n) is 3.35. The van der Waals surface area contributed by atoms with Crippen molar-refractivity contribution in [2.45, 2.75) is 24.7 Å². The number of hydrogen-bond acceptors (Lipinski definition) is 5. The Morgan fingerprint density at radius 2 is 1.84 bits per heavy atom. The van der Waals surface area contributed by atoms with Crippen LogP contribution in [0, 0.1) is 18.6 Å². The lowest BCUT2D eigenvalue weighted by molar-refractivity contribution is -0.256. The first-order chi connectivity index (χ1) is 14.5. The quantitative estimate of drug-likeness (QED) is 0.436. The second-order valence-electron chi connectivity index (χ2n) is 7.08. The van der Waals surface area contributed by atoms with Gasteiger partial charge in [0.05, 0.1) is 11.6 Å². The molecule has 0 fully saturated rings. The van der Waals surface area contributed by atoms with Crippen LogP contribution in [0.4, 0.5) is 27.6 Å². The van der Waals surface area contributed by atoms with E-state index in [1.54, 1.807) is 31.2 Å². The Hall–Kier alpha value is -2.59. The molecule has 0 aliphatic heterocycles. The van der Waals surface area contributed by atoms with Crippen molar-refractivity contribution >= 4 is 28.4 Å². The van der Waals surface area contributed by atoms with Gasteiger partial charge in [-0.1, -0.05) is 6.07 Å². The summed E-state index contributed by atoms with van der Waals surface area (Å²) < 4.78 is 70.1. The number of phenols is 1. The molecule has 0 saturated carbocycles. The number of halogens is 5. The highest BCUT2D eigenvalue weighted by atomic mass is 32.2. The number of aliphatic hydroxyl groups is 1. The maximum absolute atomic E-state index is 14.0. The molecule has 0 radical (unpaired) electrons. The molecular weight excluding hydrogens is 439 g/mol. The van der Waals surface area contributed by atoms with E-state index in [0.717, 1.165) is 0 Å². The molecule has 2 unspecified atom stereocenters. The monoisotopic (exact) mass is 458 g/mol. The molecule has 1 aromatic heterocycles. The van der Waals surface area contributed by atoms with E-state index in [9.17, 15) is 32.2 Å². The Labute approximate surface area is 179 Å². The number of nitrogens with one attached hydrogen (secondary N) is 1. The van der Waals surface area contributed by atoms with Crippen molar-refractivity contribution in [2.75, 3.05) is 17.3 Å². The number of aromatic hydroxyl groups is 1. The van der Waals surface area contributed by atoms with Crippen LogP contribution in [0.15, 0.2) is 42.5 Å². The normalized spacial score (nSPS) is 15.0. The molecule has 166 valence electrons. The highest BCUT2D eigenvalue weighted by Crippen LogP contribution is 2.46. The summed E-state index contributed by atoms with van der Waals surface area (Å²) in [5, 5.41) is 23.9. The topological polar surface area (TPSA) is 65.4 Å². The number of thioether (sulfide) groups is 1. The molecule has 0 aliphatic rings. The minimum Gasteiger partial charge on any atom is -0.505 e. The van der Waals surface area contributed by atoms with Crippen molar-refractivity contribution in [3.63, 3.8) is 0 Å². The Kier molecular flexibility index (Phi) is 6.33. The smallest absolute Gasteiger partial charge is 0.420 e. The van der Waals surface area contributed by atoms with Crippen LogP contribution in [0.5, 0.6) is 5.75 Å². The molecule has 3 N–H and O–H groups in total. The molecular formula is C21H19F5N2O2S. The van der Waals surface area contributed by atoms with E-state index >= 15 is 0 Å². The van der Waals surface area contributed by atoms with Crippen molar-refractivity contribution in [3.05, 3.63) is 65.4 Å². The molecule has 31 heavy (non-hydrogen) atoms. The fraction of sp³-hybridized carbons (Fsp3) is 0.286. The average Bonchev–Trinajstić information content (AvgIpc) is 2.68. The van der Waals surface area contributed by atoms with Gasteiger partial charge in [-0.25, -0.2) is 8.78 Å². The van der Waals surface area contributed by atoms with Crippen molar-refractivity contribution < 1.29 is 32.2 Å². The van der Waals surface area contributed by atoms with Crippen LogP contribution in [0.25, 0.3) is 10.9 Å². The van der Waals surface area contributed by atoms with Gasteiger partial charge < -0.3 is 15.5 Å². The first-order valence-corrected chi connectivity index (χ1v) is 10.5. The van der Waals surface area contributed by atoms with Gasteiger partial charge >= 0.3 is 6.18 Å². The SMILES string of the molecule is CSCC(O)(C(Nc1cccc2nc(C)ccc12)c1cc(F)cc(F)c1O)C(F)(F)F. The van der Waals surface area contributed by atoms with Crippen molar-refractivity contribution in [1.29, 1.82) is 0 Å². The number of alkyl halides is 3. The summed E-state index contributed by atoms with van der Waals surface area (Å²) in [6.07, 6.45) is -3.84.